The molecule has 162 valence electrons. The highest BCUT2D eigenvalue weighted by atomic mass is 32.2. The van der Waals surface area contributed by atoms with Crippen molar-refractivity contribution in [1.82, 2.24) is 0 Å². The van der Waals surface area contributed by atoms with Gasteiger partial charge in [-0.1, -0.05) is 24.3 Å². The second kappa shape index (κ2) is 8.40. The first kappa shape index (κ1) is 22.3. The molecule has 3 rings (SSSR count). The fourth-order valence-corrected chi connectivity index (χ4v) is 5.30. The van der Waals surface area contributed by atoms with Gasteiger partial charge in [-0.2, -0.15) is 0 Å². The number of rotatable bonds is 7. The third-order valence-electron chi connectivity index (χ3n) is 4.39. The summed E-state index contributed by atoms with van der Waals surface area (Å²) in [6, 6.07) is 15.8. The molecule has 8 nitrogen and oxygen atoms in total. The molecule has 0 aliphatic carbocycles. The topological polar surface area (TPSA) is 130 Å². The van der Waals surface area contributed by atoms with Crippen molar-refractivity contribution in [3.05, 3.63) is 83.4 Å². The SMILES string of the molecule is Cc1cccc(NS(=O)(=O)c2cc(NS(=O)(=O)c3cccc(C(=O)O)c3)ccc2C)c1. The summed E-state index contributed by atoms with van der Waals surface area (Å²) in [6.45, 7) is 3.43. The third-order valence-corrected chi connectivity index (χ3v) is 7.29. The maximum absolute atomic E-state index is 12.9. The molecule has 0 amide bonds. The number of aromatic carboxylic acids is 1. The third kappa shape index (κ3) is 5.22. The summed E-state index contributed by atoms with van der Waals surface area (Å²) in [5.41, 5.74) is 1.53. The molecule has 0 unspecified atom stereocenters. The van der Waals surface area contributed by atoms with Crippen LogP contribution in [0.25, 0.3) is 0 Å². The van der Waals surface area contributed by atoms with Gasteiger partial charge in [0.2, 0.25) is 0 Å². The van der Waals surface area contributed by atoms with Crippen LogP contribution in [-0.4, -0.2) is 27.9 Å². The molecule has 0 aromatic heterocycles. The van der Waals surface area contributed by atoms with Crippen LogP contribution in [0.1, 0.15) is 21.5 Å². The van der Waals surface area contributed by atoms with Crippen molar-refractivity contribution in [2.45, 2.75) is 23.6 Å². The average Bonchev–Trinajstić information content (AvgIpc) is 2.69. The highest BCUT2D eigenvalue weighted by Crippen LogP contribution is 2.25. The normalized spacial score (nSPS) is 11.7. The van der Waals surface area contributed by atoms with E-state index in [-0.39, 0.29) is 21.0 Å². The van der Waals surface area contributed by atoms with Crippen molar-refractivity contribution in [2.75, 3.05) is 9.44 Å². The fourth-order valence-electron chi connectivity index (χ4n) is 2.88. The number of hydrogen-bond acceptors (Lipinski definition) is 5. The molecule has 3 aromatic carbocycles. The number of carboxylic acid groups (broad SMARTS) is 1. The molecule has 0 atom stereocenters. The molecule has 0 aliphatic heterocycles. The number of carbonyl (C=O) groups is 1. The minimum Gasteiger partial charge on any atom is -0.478 e. The van der Waals surface area contributed by atoms with Gasteiger partial charge in [-0.05, 0) is 67.4 Å². The Kier molecular flexibility index (Phi) is 6.05. The summed E-state index contributed by atoms with van der Waals surface area (Å²) in [5.74, 6) is -1.26. The monoisotopic (exact) mass is 460 g/mol. The van der Waals surface area contributed by atoms with E-state index in [0.717, 1.165) is 11.6 Å². The summed E-state index contributed by atoms with van der Waals surface area (Å²) in [6.07, 6.45) is 0. The quantitative estimate of drug-likeness (QED) is 0.494. The predicted molar refractivity (Wildman–Crippen MR) is 117 cm³/mol. The van der Waals surface area contributed by atoms with Crippen LogP contribution in [0, 0.1) is 13.8 Å². The fraction of sp³-hybridized carbons (Fsp3) is 0.0952. The predicted octanol–water partition coefficient (Wildman–Crippen LogP) is 3.60. The van der Waals surface area contributed by atoms with Gasteiger partial charge in [0.05, 0.1) is 21.0 Å². The molecule has 10 heteroatoms. The van der Waals surface area contributed by atoms with E-state index in [0.29, 0.717) is 11.3 Å². The van der Waals surface area contributed by atoms with Gasteiger partial charge in [0.1, 0.15) is 0 Å². The zero-order valence-electron chi connectivity index (χ0n) is 16.7. The van der Waals surface area contributed by atoms with E-state index in [1.54, 1.807) is 25.1 Å². The summed E-state index contributed by atoms with van der Waals surface area (Å²) < 4.78 is 55.9. The minimum absolute atomic E-state index is 0.0240. The van der Waals surface area contributed by atoms with Crippen LogP contribution in [0.3, 0.4) is 0 Å². The number of hydrogen-bond donors (Lipinski definition) is 3. The zero-order chi connectivity index (χ0) is 22.8. The van der Waals surface area contributed by atoms with Gasteiger partial charge >= 0.3 is 5.97 Å². The number of carboxylic acids is 1. The van der Waals surface area contributed by atoms with Crippen molar-refractivity contribution in [3.63, 3.8) is 0 Å². The molecular formula is C21H20N2O6S2. The molecule has 31 heavy (non-hydrogen) atoms. The van der Waals surface area contributed by atoms with E-state index < -0.39 is 26.0 Å². The molecule has 0 spiro atoms. The molecule has 0 radical (unpaired) electrons. The average molecular weight is 461 g/mol. The van der Waals surface area contributed by atoms with E-state index in [9.17, 15) is 21.6 Å². The van der Waals surface area contributed by atoms with Crippen LogP contribution >= 0.6 is 0 Å². The van der Waals surface area contributed by atoms with E-state index in [1.165, 1.54) is 36.4 Å². The van der Waals surface area contributed by atoms with Gasteiger partial charge in [-0.3, -0.25) is 9.44 Å². The van der Waals surface area contributed by atoms with E-state index in [2.05, 4.69) is 9.44 Å². The van der Waals surface area contributed by atoms with Crippen molar-refractivity contribution >= 4 is 37.4 Å². The number of sulfonamides is 2. The molecular weight excluding hydrogens is 440 g/mol. The van der Waals surface area contributed by atoms with Crippen molar-refractivity contribution in [2.24, 2.45) is 0 Å². The van der Waals surface area contributed by atoms with Crippen LogP contribution in [0.4, 0.5) is 11.4 Å². The molecule has 0 saturated carbocycles. The highest BCUT2D eigenvalue weighted by Gasteiger charge is 2.21. The lowest BCUT2D eigenvalue weighted by Crippen LogP contribution is -2.17. The van der Waals surface area contributed by atoms with Gasteiger partial charge < -0.3 is 5.11 Å². The first-order valence-electron chi connectivity index (χ1n) is 9.04. The van der Waals surface area contributed by atoms with Crippen LogP contribution in [-0.2, 0) is 20.0 Å². The van der Waals surface area contributed by atoms with Gasteiger partial charge in [0.25, 0.3) is 20.0 Å². The largest absolute Gasteiger partial charge is 0.478 e. The van der Waals surface area contributed by atoms with Gasteiger partial charge in [0, 0.05) is 5.69 Å². The van der Waals surface area contributed by atoms with E-state index >= 15 is 0 Å². The second-order valence-corrected chi connectivity index (χ2v) is 10.2. The number of nitrogens with one attached hydrogen (secondary N) is 2. The Morgan fingerprint density at radius 2 is 1.42 bits per heavy atom. The van der Waals surface area contributed by atoms with Gasteiger partial charge in [0.15, 0.2) is 0 Å². The molecule has 3 N–H and O–H groups in total. The molecule has 0 fully saturated rings. The van der Waals surface area contributed by atoms with Crippen molar-refractivity contribution < 1.29 is 26.7 Å². The Bertz CT molecular complexity index is 1370. The Morgan fingerprint density at radius 3 is 2.10 bits per heavy atom. The van der Waals surface area contributed by atoms with E-state index in [1.807, 2.05) is 13.0 Å². The van der Waals surface area contributed by atoms with Crippen LogP contribution < -0.4 is 9.44 Å². The first-order chi connectivity index (χ1) is 14.5. The smallest absolute Gasteiger partial charge is 0.335 e. The zero-order valence-corrected chi connectivity index (χ0v) is 18.3. The summed E-state index contributed by atoms with van der Waals surface area (Å²) in [7, 11) is -8.12. The van der Waals surface area contributed by atoms with Gasteiger partial charge in [-0.15, -0.1) is 0 Å². The molecule has 0 saturated heterocycles. The Balaban J connectivity index is 1.93. The summed E-state index contributed by atoms with van der Waals surface area (Å²) >= 11 is 0. The maximum atomic E-state index is 12.9. The standard InChI is InChI=1S/C21H20N2O6S2/c1-14-5-3-7-17(11-14)23-31(28,29)20-13-18(10-9-15(20)2)22-30(26,27)19-8-4-6-16(12-19)21(24)25/h3-13,22-23H,1-2H3,(H,24,25). The lowest BCUT2D eigenvalue weighted by Gasteiger charge is -2.14. The highest BCUT2D eigenvalue weighted by molar-refractivity contribution is 7.93. The first-order valence-corrected chi connectivity index (χ1v) is 12.0. The number of benzene rings is 3. The Labute approximate surface area is 180 Å². The van der Waals surface area contributed by atoms with E-state index in [4.69, 9.17) is 5.11 Å². The van der Waals surface area contributed by atoms with Crippen LogP contribution in [0.5, 0.6) is 0 Å². The number of anilines is 2. The maximum Gasteiger partial charge on any atom is 0.335 e. The number of aryl methyl sites for hydroxylation is 2. The lowest BCUT2D eigenvalue weighted by molar-refractivity contribution is 0.0696. The van der Waals surface area contributed by atoms with Gasteiger partial charge in [-0.25, -0.2) is 21.6 Å². The summed E-state index contributed by atoms with van der Waals surface area (Å²) in [5, 5.41) is 9.07. The second-order valence-electron chi connectivity index (χ2n) is 6.89. The molecule has 0 aliphatic rings. The Hall–Kier alpha value is -3.37. The molecule has 3 aromatic rings. The van der Waals surface area contributed by atoms with Crippen LogP contribution in [0.15, 0.2) is 76.5 Å². The van der Waals surface area contributed by atoms with Crippen LogP contribution in [0.2, 0.25) is 0 Å². The molecule has 0 heterocycles. The van der Waals surface area contributed by atoms with Crippen molar-refractivity contribution in [1.29, 1.82) is 0 Å². The van der Waals surface area contributed by atoms with Crippen molar-refractivity contribution in [3.8, 4) is 0 Å². The lowest BCUT2D eigenvalue weighted by atomic mass is 10.2. The Morgan fingerprint density at radius 1 is 0.774 bits per heavy atom. The molecule has 0 bridgehead atoms. The summed E-state index contributed by atoms with van der Waals surface area (Å²) in [4.78, 5) is 10.8. The minimum atomic E-state index is -4.14.